The quantitative estimate of drug-likeness (QED) is 0.783. The van der Waals surface area contributed by atoms with Gasteiger partial charge in [0.1, 0.15) is 18.2 Å². The van der Waals surface area contributed by atoms with Crippen molar-refractivity contribution in [3.63, 3.8) is 0 Å². The lowest BCUT2D eigenvalue weighted by molar-refractivity contribution is -0.135. The zero-order chi connectivity index (χ0) is 21.0. The third-order valence-corrected chi connectivity index (χ3v) is 5.74. The Kier molecular flexibility index (Phi) is 6.90. The maximum Gasteiger partial charge on any atom is 0.251 e. The molecule has 0 bridgehead atoms. The first-order valence-electron chi connectivity index (χ1n) is 10.1. The number of hydrogen-bond donors (Lipinski definition) is 1. The predicted molar refractivity (Wildman–Crippen MR) is 112 cm³/mol. The SMILES string of the molecule is CCn1cnnc1C1CCN(C(=O)C(NC(=O)c2ccc(Cl)cc2)C(C)C)CC1. The molecule has 7 nitrogen and oxygen atoms in total. The smallest absolute Gasteiger partial charge is 0.251 e. The van der Waals surface area contributed by atoms with Crippen LogP contribution < -0.4 is 5.32 Å². The third-order valence-electron chi connectivity index (χ3n) is 5.48. The van der Waals surface area contributed by atoms with Crippen molar-refractivity contribution < 1.29 is 9.59 Å². The van der Waals surface area contributed by atoms with Gasteiger partial charge in [-0.2, -0.15) is 0 Å². The Morgan fingerprint density at radius 3 is 2.45 bits per heavy atom. The number of carbonyl (C=O) groups is 2. The van der Waals surface area contributed by atoms with Crippen molar-refractivity contribution in [2.75, 3.05) is 13.1 Å². The van der Waals surface area contributed by atoms with Crippen molar-refractivity contribution in [1.82, 2.24) is 25.0 Å². The van der Waals surface area contributed by atoms with Crippen LogP contribution in [0.4, 0.5) is 0 Å². The summed E-state index contributed by atoms with van der Waals surface area (Å²) < 4.78 is 2.06. The number of benzene rings is 1. The number of nitrogens with zero attached hydrogens (tertiary/aromatic N) is 4. The first kappa shape index (κ1) is 21.3. The first-order valence-corrected chi connectivity index (χ1v) is 10.5. The topological polar surface area (TPSA) is 80.1 Å². The Bertz CT molecular complexity index is 841. The van der Waals surface area contributed by atoms with Crippen molar-refractivity contribution in [1.29, 1.82) is 0 Å². The van der Waals surface area contributed by atoms with Crippen LogP contribution in [0, 0.1) is 5.92 Å². The highest BCUT2D eigenvalue weighted by atomic mass is 35.5. The van der Waals surface area contributed by atoms with Crippen LogP contribution in [0.3, 0.4) is 0 Å². The Balaban J connectivity index is 1.62. The molecule has 0 radical (unpaired) electrons. The van der Waals surface area contributed by atoms with Gasteiger partial charge in [0.15, 0.2) is 0 Å². The van der Waals surface area contributed by atoms with Gasteiger partial charge in [0.2, 0.25) is 5.91 Å². The fraction of sp³-hybridized carbons (Fsp3) is 0.524. The Morgan fingerprint density at radius 2 is 1.86 bits per heavy atom. The van der Waals surface area contributed by atoms with Crippen LogP contribution in [-0.4, -0.2) is 50.6 Å². The Labute approximate surface area is 176 Å². The van der Waals surface area contributed by atoms with Gasteiger partial charge in [-0.1, -0.05) is 25.4 Å². The number of aromatic nitrogens is 3. The van der Waals surface area contributed by atoms with E-state index in [2.05, 4.69) is 27.0 Å². The number of amides is 2. The molecule has 0 spiro atoms. The first-order chi connectivity index (χ1) is 13.9. The molecule has 3 rings (SSSR count). The summed E-state index contributed by atoms with van der Waals surface area (Å²) >= 11 is 5.89. The van der Waals surface area contributed by atoms with Crippen molar-refractivity contribution in [3.8, 4) is 0 Å². The van der Waals surface area contributed by atoms with Gasteiger partial charge in [0, 0.05) is 36.1 Å². The molecule has 1 aliphatic heterocycles. The summed E-state index contributed by atoms with van der Waals surface area (Å²) in [5.41, 5.74) is 0.491. The molecule has 1 fully saturated rings. The molecule has 0 saturated carbocycles. The minimum atomic E-state index is -0.561. The summed E-state index contributed by atoms with van der Waals surface area (Å²) in [6, 6.07) is 6.10. The van der Waals surface area contributed by atoms with E-state index in [-0.39, 0.29) is 17.7 Å². The molecule has 1 N–H and O–H groups in total. The summed E-state index contributed by atoms with van der Waals surface area (Å²) in [4.78, 5) is 27.6. The standard InChI is InChI=1S/C21H28ClN5O2/c1-4-26-13-23-25-19(26)15-9-11-27(12-10-15)21(29)18(14(2)3)24-20(28)16-5-7-17(22)8-6-16/h5-8,13-15,18H,4,9-12H2,1-3H3,(H,24,28). The van der Waals surface area contributed by atoms with Crippen LogP contribution in [0.2, 0.25) is 5.02 Å². The van der Waals surface area contributed by atoms with Gasteiger partial charge < -0.3 is 14.8 Å². The molecule has 2 amide bonds. The van der Waals surface area contributed by atoms with Gasteiger partial charge >= 0.3 is 0 Å². The minimum Gasteiger partial charge on any atom is -0.341 e. The van der Waals surface area contributed by atoms with E-state index in [4.69, 9.17) is 11.6 Å². The number of rotatable bonds is 6. The van der Waals surface area contributed by atoms with E-state index in [0.29, 0.717) is 29.6 Å². The number of hydrogen-bond acceptors (Lipinski definition) is 4. The zero-order valence-electron chi connectivity index (χ0n) is 17.1. The number of likely N-dealkylation sites (tertiary alicyclic amines) is 1. The van der Waals surface area contributed by atoms with E-state index in [9.17, 15) is 9.59 Å². The van der Waals surface area contributed by atoms with E-state index in [1.54, 1.807) is 30.6 Å². The van der Waals surface area contributed by atoms with Crippen LogP contribution >= 0.6 is 11.6 Å². The number of nitrogens with one attached hydrogen (secondary N) is 1. The molecule has 1 saturated heterocycles. The molecule has 1 unspecified atom stereocenters. The summed E-state index contributed by atoms with van der Waals surface area (Å²) in [6.45, 7) is 8.11. The van der Waals surface area contributed by atoms with Crippen LogP contribution in [0.25, 0.3) is 0 Å². The van der Waals surface area contributed by atoms with Gasteiger partial charge in [-0.05, 0) is 49.9 Å². The maximum atomic E-state index is 13.1. The highest BCUT2D eigenvalue weighted by Crippen LogP contribution is 2.27. The van der Waals surface area contributed by atoms with Crippen molar-refractivity contribution >= 4 is 23.4 Å². The second-order valence-corrected chi connectivity index (χ2v) is 8.21. The lowest BCUT2D eigenvalue weighted by Crippen LogP contribution is -2.52. The summed E-state index contributed by atoms with van der Waals surface area (Å²) in [6.07, 6.45) is 3.45. The average molecular weight is 418 g/mol. The second kappa shape index (κ2) is 9.39. The van der Waals surface area contributed by atoms with Gasteiger partial charge in [0.05, 0.1) is 0 Å². The van der Waals surface area contributed by atoms with Gasteiger partial charge in [-0.15, -0.1) is 10.2 Å². The molecule has 156 valence electrons. The maximum absolute atomic E-state index is 13.1. The number of piperidine rings is 1. The van der Waals surface area contributed by atoms with E-state index in [1.165, 1.54) is 0 Å². The predicted octanol–water partition coefficient (Wildman–Crippen LogP) is 3.11. The number of carbonyl (C=O) groups excluding carboxylic acids is 2. The average Bonchev–Trinajstić information content (AvgIpc) is 3.20. The van der Waals surface area contributed by atoms with Crippen molar-refractivity contribution in [2.24, 2.45) is 5.92 Å². The van der Waals surface area contributed by atoms with E-state index < -0.39 is 6.04 Å². The Morgan fingerprint density at radius 1 is 1.21 bits per heavy atom. The number of halogens is 1. The molecule has 0 aliphatic carbocycles. The molecule has 29 heavy (non-hydrogen) atoms. The molecule has 1 aromatic carbocycles. The largest absolute Gasteiger partial charge is 0.341 e. The van der Waals surface area contributed by atoms with Crippen molar-refractivity contribution in [2.45, 2.75) is 52.1 Å². The van der Waals surface area contributed by atoms with E-state index in [1.807, 2.05) is 18.7 Å². The molecule has 1 aliphatic rings. The van der Waals surface area contributed by atoms with Crippen LogP contribution in [0.15, 0.2) is 30.6 Å². The van der Waals surface area contributed by atoms with Crippen LogP contribution in [0.5, 0.6) is 0 Å². The summed E-state index contributed by atoms with van der Waals surface area (Å²) in [5.74, 6) is 0.996. The lowest BCUT2D eigenvalue weighted by atomic mass is 9.94. The van der Waals surface area contributed by atoms with E-state index >= 15 is 0 Å². The normalized spacial score (nSPS) is 16.1. The minimum absolute atomic E-state index is 0.0142. The number of aryl methyl sites for hydroxylation is 1. The van der Waals surface area contributed by atoms with Crippen LogP contribution in [0.1, 0.15) is 55.7 Å². The van der Waals surface area contributed by atoms with Crippen LogP contribution in [-0.2, 0) is 11.3 Å². The van der Waals surface area contributed by atoms with Gasteiger partial charge in [0.25, 0.3) is 5.91 Å². The molecule has 1 aromatic heterocycles. The molecule has 2 aromatic rings. The van der Waals surface area contributed by atoms with Gasteiger partial charge in [-0.3, -0.25) is 9.59 Å². The second-order valence-electron chi connectivity index (χ2n) is 7.78. The molecule has 2 heterocycles. The van der Waals surface area contributed by atoms with E-state index in [0.717, 1.165) is 25.2 Å². The zero-order valence-corrected chi connectivity index (χ0v) is 17.9. The third kappa shape index (κ3) is 4.96. The molecular formula is C21H28ClN5O2. The summed E-state index contributed by atoms with van der Waals surface area (Å²) in [5, 5.41) is 11.8. The highest BCUT2D eigenvalue weighted by Gasteiger charge is 2.32. The van der Waals surface area contributed by atoms with Gasteiger partial charge in [-0.25, -0.2) is 0 Å². The lowest BCUT2D eigenvalue weighted by Gasteiger charge is -2.35. The fourth-order valence-electron chi connectivity index (χ4n) is 3.72. The summed E-state index contributed by atoms with van der Waals surface area (Å²) in [7, 11) is 0. The Hall–Kier alpha value is -2.41. The molecular weight excluding hydrogens is 390 g/mol. The van der Waals surface area contributed by atoms with Crippen molar-refractivity contribution in [3.05, 3.63) is 47.0 Å². The molecule has 1 atom stereocenters. The highest BCUT2D eigenvalue weighted by molar-refractivity contribution is 6.30. The molecule has 8 heteroatoms. The fourth-order valence-corrected chi connectivity index (χ4v) is 3.84. The monoisotopic (exact) mass is 417 g/mol.